The van der Waals surface area contributed by atoms with Crippen molar-refractivity contribution in [3.05, 3.63) is 82.4 Å². The first kappa shape index (κ1) is 25.1. The van der Waals surface area contributed by atoms with E-state index in [9.17, 15) is 9.59 Å². The highest BCUT2D eigenvalue weighted by Crippen LogP contribution is 2.37. The summed E-state index contributed by atoms with van der Waals surface area (Å²) in [4.78, 5) is 25.6. The summed E-state index contributed by atoms with van der Waals surface area (Å²) in [5.41, 5.74) is 2.81. The Morgan fingerprint density at radius 3 is 2.12 bits per heavy atom. The van der Waals surface area contributed by atoms with E-state index in [1.54, 1.807) is 54.6 Å². The van der Waals surface area contributed by atoms with Gasteiger partial charge in [-0.2, -0.15) is 0 Å². The summed E-state index contributed by atoms with van der Waals surface area (Å²) in [5.74, 6) is 0.295. The number of ether oxygens (including phenoxy) is 2. The van der Waals surface area contributed by atoms with Crippen molar-refractivity contribution in [1.82, 2.24) is 0 Å². The molecule has 3 rings (SSSR count). The fraction of sp³-hybridized carbons (Fsp3) is 0.259. The van der Waals surface area contributed by atoms with Gasteiger partial charge in [0.1, 0.15) is 0 Å². The van der Waals surface area contributed by atoms with Gasteiger partial charge in [0.05, 0.1) is 18.2 Å². The normalized spacial score (nSPS) is 10.5. The molecule has 7 heteroatoms. The van der Waals surface area contributed by atoms with Crippen molar-refractivity contribution in [2.75, 3.05) is 23.8 Å². The number of anilines is 2. The van der Waals surface area contributed by atoms with E-state index in [0.717, 1.165) is 18.4 Å². The second kappa shape index (κ2) is 12.1. The van der Waals surface area contributed by atoms with Crippen molar-refractivity contribution in [1.29, 1.82) is 0 Å². The van der Waals surface area contributed by atoms with E-state index in [1.807, 2.05) is 19.9 Å². The molecule has 34 heavy (non-hydrogen) atoms. The molecule has 0 spiro atoms. The zero-order valence-electron chi connectivity index (χ0n) is 19.6. The van der Waals surface area contributed by atoms with Crippen LogP contribution in [-0.4, -0.2) is 25.0 Å². The minimum Gasteiger partial charge on any atom is -0.490 e. The Kier molecular flexibility index (Phi) is 8.93. The first-order valence-electron chi connectivity index (χ1n) is 11.3. The van der Waals surface area contributed by atoms with Gasteiger partial charge in [-0.3, -0.25) is 9.59 Å². The summed E-state index contributed by atoms with van der Waals surface area (Å²) in [6.45, 7) is 6.69. The molecule has 178 valence electrons. The van der Waals surface area contributed by atoms with Crippen molar-refractivity contribution in [3.8, 4) is 11.5 Å². The van der Waals surface area contributed by atoms with Crippen LogP contribution in [0.2, 0.25) is 5.02 Å². The molecule has 3 aromatic rings. The lowest BCUT2D eigenvalue weighted by molar-refractivity contribution is 0.101. The van der Waals surface area contributed by atoms with E-state index in [4.69, 9.17) is 21.1 Å². The maximum atomic E-state index is 13.0. The number of halogens is 1. The van der Waals surface area contributed by atoms with E-state index in [-0.39, 0.29) is 11.8 Å². The van der Waals surface area contributed by atoms with E-state index >= 15 is 0 Å². The molecule has 0 atom stereocenters. The Hall–Kier alpha value is -3.51. The molecular formula is C27H29ClN2O4. The lowest BCUT2D eigenvalue weighted by atomic mass is 10.1. The Bertz CT molecular complexity index is 1150. The van der Waals surface area contributed by atoms with Crippen LogP contribution in [0.5, 0.6) is 11.5 Å². The second-order valence-corrected chi connectivity index (χ2v) is 8.08. The lowest BCUT2D eigenvalue weighted by Gasteiger charge is -2.16. The fourth-order valence-electron chi connectivity index (χ4n) is 3.31. The third-order valence-electron chi connectivity index (χ3n) is 5.18. The van der Waals surface area contributed by atoms with E-state index in [0.29, 0.717) is 52.2 Å². The van der Waals surface area contributed by atoms with Crippen molar-refractivity contribution < 1.29 is 19.1 Å². The molecule has 0 bridgehead atoms. The molecule has 2 N–H and O–H groups in total. The van der Waals surface area contributed by atoms with Gasteiger partial charge >= 0.3 is 0 Å². The lowest BCUT2D eigenvalue weighted by Crippen LogP contribution is -2.16. The molecule has 0 unspecified atom stereocenters. The van der Waals surface area contributed by atoms with Crippen molar-refractivity contribution in [2.45, 2.75) is 33.6 Å². The summed E-state index contributed by atoms with van der Waals surface area (Å²) in [6, 6.07) is 17.5. The van der Waals surface area contributed by atoms with Crippen LogP contribution in [0.1, 0.15) is 53.0 Å². The standard InChI is InChI=1S/C27H29ClN2O4/c1-4-6-15-34-25-21(28)16-20(17-24(25)33-5-2)27(32)30-23-14-10-13-22(18(23)3)29-26(31)19-11-8-7-9-12-19/h7-14,16-17H,4-6,15H2,1-3H3,(H,29,31)(H,30,32). The molecule has 2 amide bonds. The number of amides is 2. The van der Waals surface area contributed by atoms with Crippen LogP contribution in [0.3, 0.4) is 0 Å². The van der Waals surface area contributed by atoms with Gasteiger partial charge < -0.3 is 20.1 Å². The summed E-state index contributed by atoms with van der Waals surface area (Å²) in [7, 11) is 0. The molecule has 0 aliphatic carbocycles. The smallest absolute Gasteiger partial charge is 0.255 e. The number of hydrogen-bond acceptors (Lipinski definition) is 4. The molecule has 0 heterocycles. The van der Waals surface area contributed by atoms with Crippen LogP contribution in [-0.2, 0) is 0 Å². The van der Waals surface area contributed by atoms with Gasteiger partial charge in [0.2, 0.25) is 0 Å². The highest BCUT2D eigenvalue weighted by Gasteiger charge is 2.18. The monoisotopic (exact) mass is 480 g/mol. The molecule has 0 aromatic heterocycles. The van der Waals surface area contributed by atoms with Crippen LogP contribution in [0, 0.1) is 6.92 Å². The number of rotatable bonds is 10. The summed E-state index contributed by atoms with van der Waals surface area (Å²) < 4.78 is 11.5. The fourth-order valence-corrected chi connectivity index (χ4v) is 3.57. The Balaban J connectivity index is 1.80. The predicted octanol–water partition coefficient (Wildman–Crippen LogP) is 6.73. The average molecular weight is 481 g/mol. The van der Waals surface area contributed by atoms with Crippen LogP contribution in [0.4, 0.5) is 11.4 Å². The zero-order chi connectivity index (χ0) is 24.5. The van der Waals surface area contributed by atoms with Gasteiger partial charge in [0.25, 0.3) is 11.8 Å². The molecular weight excluding hydrogens is 452 g/mol. The van der Waals surface area contributed by atoms with Crippen LogP contribution in [0.25, 0.3) is 0 Å². The Morgan fingerprint density at radius 1 is 0.853 bits per heavy atom. The number of nitrogens with one attached hydrogen (secondary N) is 2. The Labute approximate surface area is 205 Å². The van der Waals surface area contributed by atoms with Gasteiger partial charge in [0, 0.05) is 22.5 Å². The number of carbonyl (C=O) groups is 2. The quantitative estimate of drug-likeness (QED) is 0.315. The first-order valence-corrected chi connectivity index (χ1v) is 11.7. The van der Waals surface area contributed by atoms with Crippen LogP contribution >= 0.6 is 11.6 Å². The zero-order valence-corrected chi connectivity index (χ0v) is 20.4. The molecule has 0 aliphatic heterocycles. The van der Waals surface area contributed by atoms with Gasteiger partial charge in [-0.05, 0) is 62.2 Å². The van der Waals surface area contributed by atoms with E-state index < -0.39 is 0 Å². The summed E-state index contributed by atoms with van der Waals surface area (Å²) in [5, 5.41) is 6.11. The van der Waals surface area contributed by atoms with Crippen LogP contribution < -0.4 is 20.1 Å². The van der Waals surface area contributed by atoms with Crippen molar-refractivity contribution in [3.63, 3.8) is 0 Å². The maximum absolute atomic E-state index is 13.0. The number of benzene rings is 3. The molecule has 0 saturated heterocycles. The summed E-state index contributed by atoms with van der Waals surface area (Å²) >= 11 is 6.44. The van der Waals surface area contributed by atoms with Gasteiger partial charge in [-0.1, -0.05) is 49.2 Å². The van der Waals surface area contributed by atoms with E-state index in [1.165, 1.54) is 0 Å². The van der Waals surface area contributed by atoms with Gasteiger partial charge in [-0.25, -0.2) is 0 Å². The number of hydrogen-bond donors (Lipinski definition) is 2. The Morgan fingerprint density at radius 2 is 1.50 bits per heavy atom. The van der Waals surface area contributed by atoms with Crippen LogP contribution in [0.15, 0.2) is 60.7 Å². The minimum atomic E-state index is -0.349. The second-order valence-electron chi connectivity index (χ2n) is 7.67. The largest absolute Gasteiger partial charge is 0.490 e. The molecule has 6 nitrogen and oxygen atoms in total. The van der Waals surface area contributed by atoms with E-state index in [2.05, 4.69) is 17.6 Å². The third kappa shape index (κ3) is 6.29. The van der Waals surface area contributed by atoms with Crippen molar-refractivity contribution in [2.24, 2.45) is 0 Å². The number of carbonyl (C=O) groups excluding carboxylic acids is 2. The molecule has 0 radical (unpaired) electrons. The molecule has 0 fully saturated rings. The predicted molar refractivity (Wildman–Crippen MR) is 137 cm³/mol. The first-order chi connectivity index (χ1) is 16.4. The minimum absolute atomic E-state index is 0.223. The highest BCUT2D eigenvalue weighted by molar-refractivity contribution is 6.32. The highest BCUT2D eigenvalue weighted by atomic mass is 35.5. The molecule has 0 aliphatic rings. The van der Waals surface area contributed by atoms with Crippen molar-refractivity contribution >= 4 is 34.8 Å². The summed E-state index contributed by atoms with van der Waals surface area (Å²) in [6.07, 6.45) is 1.88. The average Bonchev–Trinajstić information content (AvgIpc) is 2.83. The molecule has 0 saturated carbocycles. The SMILES string of the molecule is CCCCOc1c(Cl)cc(C(=O)Nc2cccc(NC(=O)c3ccccc3)c2C)cc1OCC. The number of unbranched alkanes of at least 4 members (excludes halogenated alkanes) is 1. The van der Waals surface area contributed by atoms with Gasteiger partial charge in [0.15, 0.2) is 11.5 Å². The molecule has 3 aromatic carbocycles. The maximum Gasteiger partial charge on any atom is 0.255 e. The van der Waals surface area contributed by atoms with Gasteiger partial charge in [-0.15, -0.1) is 0 Å². The third-order valence-corrected chi connectivity index (χ3v) is 5.46. The topological polar surface area (TPSA) is 76.7 Å².